The monoisotopic (exact) mass is 405 g/mol. The normalized spacial score (nSPS) is 14.9. The predicted molar refractivity (Wildman–Crippen MR) is 122 cm³/mol. The quantitative estimate of drug-likeness (QED) is 0.614. The highest BCUT2D eigenvalue weighted by molar-refractivity contribution is 5.81. The molecule has 2 heterocycles. The maximum atomic E-state index is 12.3. The summed E-state index contributed by atoms with van der Waals surface area (Å²) in [5, 5.41) is 8.42. The lowest BCUT2D eigenvalue weighted by Gasteiger charge is -2.37. The Morgan fingerprint density at radius 2 is 1.87 bits per heavy atom. The van der Waals surface area contributed by atoms with Crippen LogP contribution in [0.15, 0.2) is 48.7 Å². The average molecular weight is 406 g/mol. The molecule has 6 heteroatoms. The Morgan fingerprint density at radius 1 is 1.07 bits per heavy atom. The van der Waals surface area contributed by atoms with Gasteiger partial charge < -0.3 is 10.2 Å². The van der Waals surface area contributed by atoms with Crippen molar-refractivity contribution in [3.8, 4) is 0 Å². The molecule has 1 fully saturated rings. The Labute approximate surface area is 178 Å². The fraction of sp³-hybridized carbons (Fsp3) is 0.417. The van der Waals surface area contributed by atoms with Crippen LogP contribution < -0.4 is 10.2 Å². The fourth-order valence-electron chi connectivity index (χ4n) is 4.15. The van der Waals surface area contributed by atoms with Crippen molar-refractivity contribution in [2.45, 2.75) is 26.8 Å². The van der Waals surface area contributed by atoms with Gasteiger partial charge in [-0.15, -0.1) is 0 Å². The smallest absolute Gasteiger partial charge is 0.241 e. The highest BCUT2D eigenvalue weighted by atomic mass is 16.2. The first-order chi connectivity index (χ1) is 14.6. The summed E-state index contributed by atoms with van der Waals surface area (Å²) >= 11 is 0. The minimum Gasteiger partial charge on any atom is -0.369 e. The number of anilines is 1. The predicted octanol–water partition coefficient (Wildman–Crippen LogP) is 2.98. The Morgan fingerprint density at radius 3 is 2.70 bits per heavy atom. The van der Waals surface area contributed by atoms with Gasteiger partial charge in [0, 0.05) is 43.8 Å². The van der Waals surface area contributed by atoms with E-state index in [1.165, 1.54) is 16.8 Å². The highest BCUT2D eigenvalue weighted by Crippen LogP contribution is 2.22. The third-order valence-corrected chi connectivity index (χ3v) is 5.90. The van der Waals surface area contributed by atoms with E-state index in [1.54, 1.807) is 10.9 Å². The van der Waals surface area contributed by atoms with Gasteiger partial charge in [0.25, 0.3) is 0 Å². The summed E-state index contributed by atoms with van der Waals surface area (Å²) in [7, 11) is 0. The van der Waals surface area contributed by atoms with Gasteiger partial charge in [0.15, 0.2) is 0 Å². The molecule has 6 nitrogen and oxygen atoms in total. The molecule has 1 aromatic heterocycles. The van der Waals surface area contributed by atoms with Crippen LogP contribution in [0.4, 0.5) is 5.69 Å². The van der Waals surface area contributed by atoms with Gasteiger partial charge >= 0.3 is 0 Å². The van der Waals surface area contributed by atoms with Crippen LogP contribution in [0.1, 0.15) is 17.5 Å². The number of nitrogens with zero attached hydrogens (tertiary/aromatic N) is 4. The molecule has 1 aliphatic rings. The average Bonchev–Trinajstić information content (AvgIpc) is 3.16. The molecule has 2 aromatic carbocycles. The van der Waals surface area contributed by atoms with Crippen LogP contribution in [0.2, 0.25) is 0 Å². The largest absolute Gasteiger partial charge is 0.369 e. The Hall–Kier alpha value is -2.86. The van der Waals surface area contributed by atoms with Crippen LogP contribution >= 0.6 is 0 Å². The lowest BCUT2D eigenvalue weighted by molar-refractivity contribution is -0.121. The molecule has 1 saturated heterocycles. The number of rotatable bonds is 7. The topological polar surface area (TPSA) is 53.4 Å². The Bertz CT molecular complexity index is 1000. The number of piperazine rings is 1. The van der Waals surface area contributed by atoms with Gasteiger partial charge in [-0.1, -0.05) is 30.3 Å². The van der Waals surface area contributed by atoms with E-state index in [4.69, 9.17) is 0 Å². The molecular weight excluding hydrogens is 374 g/mol. The van der Waals surface area contributed by atoms with Crippen molar-refractivity contribution >= 4 is 22.5 Å². The molecule has 3 aromatic rings. The molecule has 0 radical (unpaired) electrons. The van der Waals surface area contributed by atoms with Crippen LogP contribution in [-0.4, -0.2) is 59.9 Å². The number of aromatic nitrogens is 2. The number of carbonyl (C=O) groups excluding carboxylic acids is 1. The molecule has 0 atom stereocenters. The van der Waals surface area contributed by atoms with Crippen LogP contribution in [0, 0.1) is 13.8 Å². The third-order valence-electron chi connectivity index (χ3n) is 5.90. The zero-order valence-corrected chi connectivity index (χ0v) is 18.0. The minimum atomic E-state index is 0.0172. The number of hydrogen-bond acceptors (Lipinski definition) is 4. The van der Waals surface area contributed by atoms with E-state index < -0.39 is 0 Å². The minimum absolute atomic E-state index is 0.0172. The second kappa shape index (κ2) is 9.30. The summed E-state index contributed by atoms with van der Waals surface area (Å²) in [5.41, 5.74) is 5.03. The number of aryl methyl sites for hydroxylation is 2. The molecule has 0 spiro atoms. The van der Waals surface area contributed by atoms with Crippen molar-refractivity contribution in [1.82, 2.24) is 20.0 Å². The van der Waals surface area contributed by atoms with Crippen molar-refractivity contribution < 1.29 is 4.79 Å². The Balaban J connectivity index is 1.17. The first-order valence-corrected chi connectivity index (χ1v) is 10.8. The number of amides is 1. The Kier molecular flexibility index (Phi) is 6.33. The second-order valence-electron chi connectivity index (χ2n) is 8.18. The number of para-hydroxylation sites is 1. The van der Waals surface area contributed by atoms with Crippen LogP contribution in [0.25, 0.3) is 10.9 Å². The third kappa shape index (κ3) is 4.82. The summed E-state index contributed by atoms with van der Waals surface area (Å²) in [6.45, 7) is 10.6. The molecule has 0 unspecified atom stereocenters. The van der Waals surface area contributed by atoms with Gasteiger partial charge in [0.2, 0.25) is 5.91 Å². The molecule has 1 N–H and O–H groups in total. The number of fused-ring (bicyclic) bond motifs is 1. The standard InChI is InChI=1S/C24H31N5O/c1-19-8-9-20(2)23(16-19)28-14-12-27(13-15-28)11-5-10-25-24(30)18-29-22-7-4-3-6-21(22)17-26-29/h3-4,6-9,16-17H,5,10-15,18H2,1-2H3,(H,25,30). The van der Waals surface area contributed by atoms with Crippen LogP contribution in [0.5, 0.6) is 0 Å². The molecule has 4 rings (SSSR count). The van der Waals surface area contributed by atoms with Crippen molar-refractivity contribution in [2.24, 2.45) is 0 Å². The van der Waals surface area contributed by atoms with E-state index >= 15 is 0 Å². The molecule has 1 aliphatic heterocycles. The highest BCUT2D eigenvalue weighted by Gasteiger charge is 2.18. The molecule has 1 amide bonds. The number of hydrogen-bond donors (Lipinski definition) is 1. The van der Waals surface area contributed by atoms with E-state index in [-0.39, 0.29) is 12.5 Å². The van der Waals surface area contributed by atoms with E-state index in [2.05, 4.69) is 52.3 Å². The van der Waals surface area contributed by atoms with E-state index in [0.717, 1.165) is 50.0 Å². The fourth-order valence-corrected chi connectivity index (χ4v) is 4.15. The molecule has 30 heavy (non-hydrogen) atoms. The van der Waals surface area contributed by atoms with Gasteiger partial charge in [-0.25, -0.2) is 0 Å². The molecule has 0 saturated carbocycles. The SMILES string of the molecule is Cc1ccc(C)c(N2CCN(CCCNC(=O)Cn3ncc4ccccc43)CC2)c1. The summed E-state index contributed by atoms with van der Waals surface area (Å²) in [4.78, 5) is 17.3. The van der Waals surface area contributed by atoms with E-state index in [0.29, 0.717) is 6.54 Å². The van der Waals surface area contributed by atoms with Crippen molar-refractivity contribution in [3.05, 3.63) is 59.8 Å². The maximum Gasteiger partial charge on any atom is 0.241 e. The molecule has 0 bridgehead atoms. The van der Waals surface area contributed by atoms with Crippen molar-refractivity contribution in [2.75, 3.05) is 44.2 Å². The summed E-state index contributed by atoms with van der Waals surface area (Å²) in [5.74, 6) is 0.0172. The van der Waals surface area contributed by atoms with Gasteiger partial charge in [-0.3, -0.25) is 14.4 Å². The molecular formula is C24H31N5O. The summed E-state index contributed by atoms with van der Waals surface area (Å²) < 4.78 is 1.76. The van der Waals surface area contributed by atoms with Crippen molar-refractivity contribution in [1.29, 1.82) is 0 Å². The molecule has 158 valence electrons. The lowest BCUT2D eigenvalue weighted by atomic mass is 10.1. The second-order valence-corrected chi connectivity index (χ2v) is 8.18. The number of benzene rings is 2. The van der Waals surface area contributed by atoms with Gasteiger partial charge in [0.05, 0.1) is 11.7 Å². The number of carbonyl (C=O) groups is 1. The first-order valence-electron chi connectivity index (χ1n) is 10.8. The summed E-state index contributed by atoms with van der Waals surface area (Å²) in [6.07, 6.45) is 2.77. The van der Waals surface area contributed by atoms with Gasteiger partial charge in [-0.05, 0) is 50.1 Å². The van der Waals surface area contributed by atoms with Crippen LogP contribution in [0.3, 0.4) is 0 Å². The summed E-state index contributed by atoms with van der Waals surface area (Å²) in [6, 6.07) is 14.6. The maximum absolute atomic E-state index is 12.3. The zero-order chi connectivity index (χ0) is 20.9. The molecule has 0 aliphatic carbocycles. The van der Waals surface area contributed by atoms with Crippen LogP contribution in [-0.2, 0) is 11.3 Å². The van der Waals surface area contributed by atoms with Gasteiger partial charge in [0.1, 0.15) is 6.54 Å². The van der Waals surface area contributed by atoms with Crippen molar-refractivity contribution in [3.63, 3.8) is 0 Å². The lowest BCUT2D eigenvalue weighted by Crippen LogP contribution is -2.47. The van der Waals surface area contributed by atoms with Gasteiger partial charge in [-0.2, -0.15) is 5.10 Å². The zero-order valence-electron chi connectivity index (χ0n) is 18.0. The van der Waals surface area contributed by atoms with E-state index in [1.807, 2.05) is 24.3 Å². The number of nitrogens with one attached hydrogen (secondary N) is 1. The van der Waals surface area contributed by atoms with E-state index in [9.17, 15) is 4.79 Å². The first kappa shape index (κ1) is 20.4.